The average molecular weight is 458 g/mol. The number of hydrogen-bond acceptors (Lipinski definition) is 3. The van der Waals surface area contributed by atoms with Crippen LogP contribution in [0.2, 0.25) is 0 Å². The quantitative estimate of drug-likeness (QED) is 0.575. The van der Waals surface area contributed by atoms with Gasteiger partial charge in [-0.15, -0.1) is 0 Å². The minimum Gasteiger partial charge on any atom is -0.370 e. The average Bonchev–Trinajstić information content (AvgIpc) is 3.04. The third kappa shape index (κ3) is 4.26. The van der Waals surface area contributed by atoms with E-state index in [1.807, 2.05) is 40.9 Å². The number of aryl methyl sites for hydroxylation is 1. The molecule has 1 aliphatic rings. The number of rotatable bonds is 5. The van der Waals surface area contributed by atoms with Crippen molar-refractivity contribution < 1.29 is 13.9 Å². The van der Waals surface area contributed by atoms with Gasteiger partial charge in [-0.25, -0.2) is 4.39 Å². The fraction of sp³-hybridized carbons (Fsp3) is 0.273. The maximum Gasteiger partial charge on any atom is 0.254 e. The zero-order chi connectivity index (χ0) is 20.4. The summed E-state index contributed by atoms with van der Waals surface area (Å²) in [5, 5.41) is 4.58. The number of carbonyl (C=O) groups is 1. The lowest BCUT2D eigenvalue weighted by molar-refractivity contribution is 0.0727. The van der Waals surface area contributed by atoms with Crippen molar-refractivity contribution in [1.29, 1.82) is 0 Å². The first-order valence-electron chi connectivity index (χ1n) is 9.42. The molecule has 0 N–H and O–H groups in total. The summed E-state index contributed by atoms with van der Waals surface area (Å²) in [4.78, 5) is 14.7. The van der Waals surface area contributed by atoms with Crippen LogP contribution in [0.15, 0.2) is 53.0 Å². The number of hydrogen-bond donors (Lipinski definition) is 0. The predicted molar refractivity (Wildman–Crippen MR) is 111 cm³/mol. The van der Waals surface area contributed by atoms with Crippen LogP contribution in [0.1, 0.15) is 32.9 Å². The zero-order valence-corrected chi connectivity index (χ0v) is 17.7. The van der Waals surface area contributed by atoms with Crippen molar-refractivity contribution in [1.82, 2.24) is 14.7 Å². The van der Waals surface area contributed by atoms with Crippen LogP contribution in [0.3, 0.4) is 0 Å². The molecular formula is C22H21BrFN3O2. The van der Waals surface area contributed by atoms with Gasteiger partial charge in [-0.2, -0.15) is 5.10 Å². The number of fused-ring (bicyclic) bond motifs is 1. The lowest BCUT2D eigenvalue weighted by Crippen LogP contribution is -2.36. The van der Waals surface area contributed by atoms with Gasteiger partial charge in [-0.05, 0) is 30.3 Å². The Bertz CT molecular complexity index is 1030. The van der Waals surface area contributed by atoms with Crippen LogP contribution in [0.25, 0.3) is 0 Å². The summed E-state index contributed by atoms with van der Waals surface area (Å²) in [6, 6.07) is 14.0. The molecule has 0 atom stereocenters. The van der Waals surface area contributed by atoms with Crippen LogP contribution >= 0.6 is 15.9 Å². The molecule has 4 rings (SSSR count). The largest absolute Gasteiger partial charge is 0.370 e. The highest BCUT2D eigenvalue weighted by Gasteiger charge is 2.27. The Kier molecular flexibility index (Phi) is 5.78. The monoisotopic (exact) mass is 457 g/mol. The van der Waals surface area contributed by atoms with E-state index in [1.54, 1.807) is 18.2 Å². The van der Waals surface area contributed by atoms with E-state index in [2.05, 4.69) is 21.0 Å². The molecule has 29 heavy (non-hydrogen) atoms. The zero-order valence-electron chi connectivity index (χ0n) is 16.1. The van der Waals surface area contributed by atoms with Gasteiger partial charge in [-0.3, -0.25) is 9.48 Å². The summed E-state index contributed by atoms with van der Waals surface area (Å²) >= 11 is 3.40. The Morgan fingerprint density at radius 3 is 2.69 bits per heavy atom. The van der Waals surface area contributed by atoms with Gasteiger partial charge in [0.25, 0.3) is 5.91 Å². The normalized spacial score (nSPS) is 13.4. The number of ether oxygens (including phenoxy) is 1. The smallest absolute Gasteiger partial charge is 0.254 e. The van der Waals surface area contributed by atoms with Crippen molar-refractivity contribution in [3.63, 3.8) is 0 Å². The Morgan fingerprint density at radius 1 is 1.17 bits per heavy atom. The third-order valence-electron chi connectivity index (χ3n) is 5.16. The Balaban J connectivity index is 1.46. The lowest BCUT2D eigenvalue weighted by Gasteiger charge is -2.28. The van der Waals surface area contributed by atoms with Crippen molar-refractivity contribution >= 4 is 21.8 Å². The van der Waals surface area contributed by atoms with Crippen LogP contribution in [0.4, 0.5) is 4.39 Å². The number of nitrogens with zero attached hydrogens (tertiary/aromatic N) is 3. The minimum absolute atomic E-state index is 0.00484. The van der Waals surface area contributed by atoms with Crippen molar-refractivity contribution in [2.45, 2.75) is 26.2 Å². The van der Waals surface area contributed by atoms with Crippen molar-refractivity contribution in [2.75, 3.05) is 6.54 Å². The molecule has 2 aromatic carbocycles. The van der Waals surface area contributed by atoms with Crippen LogP contribution in [-0.2, 0) is 38.0 Å². The molecule has 1 amide bonds. The lowest BCUT2D eigenvalue weighted by atomic mass is 10.0. The molecule has 0 radical (unpaired) electrons. The van der Waals surface area contributed by atoms with Gasteiger partial charge in [-0.1, -0.05) is 34.1 Å². The summed E-state index contributed by atoms with van der Waals surface area (Å²) in [6.45, 7) is 1.60. The van der Waals surface area contributed by atoms with Gasteiger partial charge in [0.15, 0.2) is 0 Å². The van der Waals surface area contributed by atoms with E-state index in [-0.39, 0.29) is 24.9 Å². The molecule has 0 aliphatic carbocycles. The van der Waals surface area contributed by atoms with E-state index in [0.717, 1.165) is 27.8 Å². The molecule has 0 unspecified atom stereocenters. The SMILES string of the molecule is Cn1nc(COCc2ccccc2F)c2c1CCN(C(=O)c1ccc(Br)cc1)C2. The summed E-state index contributed by atoms with van der Waals surface area (Å²) in [6.07, 6.45) is 0.744. The molecule has 1 aliphatic heterocycles. The molecule has 0 saturated heterocycles. The molecule has 5 nitrogen and oxygen atoms in total. The molecule has 1 aromatic heterocycles. The first-order valence-corrected chi connectivity index (χ1v) is 10.2. The molecule has 3 aromatic rings. The first-order chi connectivity index (χ1) is 14.0. The van der Waals surface area contributed by atoms with Crippen molar-refractivity contribution in [3.8, 4) is 0 Å². The van der Waals surface area contributed by atoms with E-state index >= 15 is 0 Å². The van der Waals surface area contributed by atoms with E-state index < -0.39 is 0 Å². The highest BCUT2D eigenvalue weighted by molar-refractivity contribution is 9.10. The van der Waals surface area contributed by atoms with E-state index in [9.17, 15) is 9.18 Å². The van der Waals surface area contributed by atoms with Gasteiger partial charge in [0, 0.05) is 53.4 Å². The standard InChI is InChI=1S/C22H21BrFN3O2/c1-26-21-10-11-27(22(28)15-6-8-17(23)9-7-15)12-18(21)20(25-26)14-29-13-16-4-2-3-5-19(16)24/h2-9H,10-14H2,1H3. The molecule has 150 valence electrons. The molecule has 0 bridgehead atoms. The van der Waals surface area contributed by atoms with Crippen molar-refractivity contribution in [3.05, 3.63) is 86.9 Å². The predicted octanol–water partition coefficient (Wildman–Crippen LogP) is 4.24. The van der Waals surface area contributed by atoms with Crippen molar-refractivity contribution in [2.24, 2.45) is 7.05 Å². The number of halogens is 2. The second-order valence-corrected chi connectivity index (χ2v) is 7.98. The second-order valence-electron chi connectivity index (χ2n) is 7.06. The molecule has 2 heterocycles. The van der Waals surface area contributed by atoms with Gasteiger partial charge in [0.2, 0.25) is 0 Å². The van der Waals surface area contributed by atoms with E-state index in [1.165, 1.54) is 6.07 Å². The van der Waals surface area contributed by atoms with Gasteiger partial charge in [0.1, 0.15) is 5.82 Å². The van der Waals surface area contributed by atoms with Crippen LogP contribution in [-0.4, -0.2) is 27.1 Å². The Morgan fingerprint density at radius 2 is 1.93 bits per heavy atom. The summed E-state index contributed by atoms with van der Waals surface area (Å²) in [7, 11) is 1.91. The van der Waals surface area contributed by atoms with Gasteiger partial charge < -0.3 is 9.64 Å². The Labute approximate surface area is 177 Å². The first kappa shape index (κ1) is 19.8. The fourth-order valence-corrected chi connectivity index (χ4v) is 3.87. The molecule has 0 spiro atoms. The number of amides is 1. The molecular weight excluding hydrogens is 437 g/mol. The van der Waals surface area contributed by atoms with Crippen LogP contribution in [0, 0.1) is 5.82 Å². The molecule has 0 fully saturated rings. The van der Waals surface area contributed by atoms with Crippen LogP contribution in [0.5, 0.6) is 0 Å². The van der Waals surface area contributed by atoms with Gasteiger partial charge >= 0.3 is 0 Å². The summed E-state index contributed by atoms with van der Waals surface area (Å²) < 4.78 is 22.3. The van der Waals surface area contributed by atoms with E-state index in [0.29, 0.717) is 24.2 Å². The highest BCUT2D eigenvalue weighted by atomic mass is 79.9. The highest BCUT2D eigenvalue weighted by Crippen LogP contribution is 2.25. The molecule has 0 saturated carbocycles. The van der Waals surface area contributed by atoms with Gasteiger partial charge in [0.05, 0.1) is 18.9 Å². The summed E-state index contributed by atoms with van der Waals surface area (Å²) in [5.74, 6) is -0.271. The summed E-state index contributed by atoms with van der Waals surface area (Å²) in [5.41, 5.74) is 4.13. The number of aromatic nitrogens is 2. The maximum atomic E-state index is 13.8. The fourth-order valence-electron chi connectivity index (χ4n) is 3.61. The van der Waals surface area contributed by atoms with E-state index in [4.69, 9.17) is 4.74 Å². The minimum atomic E-state index is -0.276. The van der Waals surface area contributed by atoms with Crippen LogP contribution < -0.4 is 0 Å². The Hall–Kier alpha value is -2.51. The molecule has 7 heteroatoms. The maximum absolute atomic E-state index is 13.8. The third-order valence-corrected chi connectivity index (χ3v) is 5.69. The number of carbonyl (C=O) groups excluding carboxylic acids is 1. The second kappa shape index (κ2) is 8.47. The number of benzene rings is 2. The topological polar surface area (TPSA) is 47.4 Å².